The Labute approximate surface area is 276 Å². The van der Waals surface area contributed by atoms with Crippen LogP contribution in [0.15, 0.2) is 64.4 Å². The van der Waals surface area contributed by atoms with Crippen molar-refractivity contribution in [3.8, 4) is 0 Å². The number of carbonyl (C=O) groups is 2. The first-order chi connectivity index (χ1) is 23.0. The Morgan fingerprint density at radius 1 is 0.958 bits per heavy atom. The van der Waals surface area contributed by atoms with E-state index in [-0.39, 0.29) is 34.3 Å². The number of fused-ring (bicyclic) bond motifs is 1. The van der Waals surface area contributed by atoms with Crippen LogP contribution in [-0.4, -0.2) is 94.2 Å². The van der Waals surface area contributed by atoms with E-state index in [1.54, 1.807) is 13.0 Å². The minimum Gasteiger partial charge on any atom is -0.448 e. The maximum absolute atomic E-state index is 14.0. The lowest BCUT2D eigenvalue weighted by atomic mass is 10.1. The number of piperazine rings is 1. The van der Waals surface area contributed by atoms with Gasteiger partial charge in [-0.15, -0.1) is 5.10 Å². The van der Waals surface area contributed by atoms with Crippen LogP contribution in [0.3, 0.4) is 0 Å². The minimum absolute atomic E-state index is 0.0420. The van der Waals surface area contributed by atoms with Crippen LogP contribution in [0.4, 0.5) is 30.8 Å². The van der Waals surface area contributed by atoms with E-state index in [1.165, 1.54) is 18.2 Å². The molecule has 0 atom stereocenters. The smallest absolute Gasteiger partial charge is 0.435 e. The van der Waals surface area contributed by atoms with E-state index in [4.69, 9.17) is 9.47 Å². The standard InChI is InChI=1S/C33H36F2N6O6S/c1-3-47-33(43)41-30-7-5-25(48(44,45)26-17-21(34)16-22(35)18-26)20-28(30)31(38-41)37-32(42)27-6-4-24(40-12-10-39(2)11-13-40)19-29(27)36-23-8-14-46-15-9-23/h4-7,16-20,23,36H,3,8-15H2,1-2H3,(H,37,38,42). The topological polar surface area (TPSA) is 135 Å². The first-order valence-corrected chi connectivity index (χ1v) is 17.2. The molecule has 4 aromatic rings. The molecule has 0 unspecified atom stereocenters. The van der Waals surface area contributed by atoms with Gasteiger partial charge in [0.25, 0.3) is 5.91 Å². The number of likely N-dealkylation sites (N-methyl/N-ethyl adjacent to an activating group) is 1. The summed E-state index contributed by atoms with van der Waals surface area (Å²) < 4.78 is 66.3. The average Bonchev–Trinajstić information content (AvgIpc) is 3.42. The van der Waals surface area contributed by atoms with Crippen molar-refractivity contribution in [3.63, 3.8) is 0 Å². The summed E-state index contributed by atoms with van der Waals surface area (Å²) in [5.74, 6) is -2.76. The predicted molar refractivity (Wildman–Crippen MR) is 176 cm³/mol. The number of rotatable bonds is 8. The number of nitrogens with zero attached hydrogens (tertiary/aromatic N) is 4. The summed E-state index contributed by atoms with van der Waals surface area (Å²) in [6, 6.07) is 11.4. The van der Waals surface area contributed by atoms with E-state index in [2.05, 4.69) is 32.6 Å². The number of anilines is 3. The maximum atomic E-state index is 14.0. The summed E-state index contributed by atoms with van der Waals surface area (Å²) in [6.07, 6.45) is 0.686. The highest BCUT2D eigenvalue weighted by atomic mass is 32.2. The zero-order chi connectivity index (χ0) is 34.0. The number of hydrogen-bond donors (Lipinski definition) is 2. The molecule has 2 fully saturated rings. The Balaban J connectivity index is 1.38. The predicted octanol–water partition coefficient (Wildman–Crippen LogP) is 4.75. The second kappa shape index (κ2) is 13.9. The molecule has 2 saturated heterocycles. The summed E-state index contributed by atoms with van der Waals surface area (Å²) in [4.78, 5) is 30.4. The molecule has 1 aromatic heterocycles. The highest BCUT2D eigenvalue weighted by molar-refractivity contribution is 7.91. The van der Waals surface area contributed by atoms with Crippen LogP contribution in [0.25, 0.3) is 10.9 Å². The first-order valence-electron chi connectivity index (χ1n) is 15.7. The van der Waals surface area contributed by atoms with E-state index < -0.39 is 38.4 Å². The summed E-state index contributed by atoms with van der Waals surface area (Å²) >= 11 is 0. The molecule has 2 aliphatic rings. The molecule has 0 radical (unpaired) electrons. The number of ether oxygens (including phenoxy) is 2. The number of benzene rings is 3. The molecule has 2 N–H and O–H groups in total. The average molecular weight is 683 g/mol. The fourth-order valence-electron chi connectivity index (χ4n) is 5.85. The molecule has 12 nitrogen and oxygen atoms in total. The third kappa shape index (κ3) is 6.98. The Kier molecular flexibility index (Phi) is 9.62. The van der Waals surface area contributed by atoms with E-state index in [0.717, 1.165) is 49.4 Å². The van der Waals surface area contributed by atoms with Crippen molar-refractivity contribution < 1.29 is 36.3 Å². The molecule has 0 aliphatic carbocycles. The lowest BCUT2D eigenvalue weighted by molar-refractivity contribution is 0.0904. The molecule has 0 bridgehead atoms. The number of hydrogen-bond acceptors (Lipinski definition) is 10. The fraction of sp³-hybridized carbons (Fsp3) is 0.364. The summed E-state index contributed by atoms with van der Waals surface area (Å²) in [5.41, 5.74) is 2.05. The van der Waals surface area contributed by atoms with Gasteiger partial charge in [0.05, 0.1) is 27.5 Å². The number of carbonyl (C=O) groups excluding carboxylic acids is 2. The Morgan fingerprint density at radius 3 is 2.35 bits per heavy atom. The van der Waals surface area contributed by atoms with Gasteiger partial charge in [-0.3, -0.25) is 4.79 Å². The van der Waals surface area contributed by atoms with Crippen molar-refractivity contribution >= 4 is 49.9 Å². The first kappa shape index (κ1) is 33.3. The molecule has 6 rings (SSSR count). The van der Waals surface area contributed by atoms with Crippen molar-refractivity contribution in [2.75, 3.05) is 68.6 Å². The minimum atomic E-state index is -4.41. The number of aromatic nitrogens is 2. The monoisotopic (exact) mass is 682 g/mol. The van der Waals surface area contributed by atoms with Crippen LogP contribution in [-0.2, 0) is 19.3 Å². The summed E-state index contributed by atoms with van der Waals surface area (Å²) in [6.45, 7) is 6.35. The third-order valence-corrected chi connectivity index (χ3v) is 10.2. The number of nitrogens with one attached hydrogen (secondary N) is 2. The van der Waals surface area contributed by atoms with Crippen molar-refractivity contribution in [3.05, 3.63) is 71.8 Å². The zero-order valence-electron chi connectivity index (χ0n) is 26.5. The summed E-state index contributed by atoms with van der Waals surface area (Å²) in [5, 5.41) is 10.7. The van der Waals surface area contributed by atoms with Gasteiger partial charge in [0.1, 0.15) is 11.6 Å². The SMILES string of the molecule is CCOC(=O)n1nc(NC(=O)c2ccc(N3CCN(C)CC3)cc2NC2CCOCC2)c2cc(S(=O)(=O)c3cc(F)cc(F)c3)ccc21. The Bertz CT molecular complexity index is 1940. The van der Waals surface area contributed by atoms with Gasteiger partial charge in [-0.05, 0) is 75.3 Å². The number of halogens is 2. The second-order valence-corrected chi connectivity index (χ2v) is 13.7. The third-order valence-electron chi connectivity index (χ3n) is 8.48. The van der Waals surface area contributed by atoms with Crippen molar-refractivity contribution in [2.45, 2.75) is 35.6 Å². The molecular weight excluding hydrogens is 646 g/mol. The molecule has 0 saturated carbocycles. The van der Waals surface area contributed by atoms with E-state index in [0.29, 0.717) is 42.7 Å². The van der Waals surface area contributed by atoms with Crippen LogP contribution in [0, 0.1) is 11.6 Å². The molecule has 3 aromatic carbocycles. The molecule has 0 spiro atoms. The number of amides is 1. The molecule has 15 heteroatoms. The highest BCUT2D eigenvalue weighted by Crippen LogP contribution is 2.32. The van der Waals surface area contributed by atoms with Gasteiger partial charge in [-0.1, -0.05) is 0 Å². The van der Waals surface area contributed by atoms with Gasteiger partial charge >= 0.3 is 6.09 Å². The van der Waals surface area contributed by atoms with Crippen molar-refractivity contribution in [1.82, 2.24) is 14.7 Å². The highest BCUT2D eigenvalue weighted by Gasteiger charge is 2.26. The molecule has 1 amide bonds. The summed E-state index contributed by atoms with van der Waals surface area (Å²) in [7, 11) is -2.33. The lowest BCUT2D eigenvalue weighted by Crippen LogP contribution is -2.44. The van der Waals surface area contributed by atoms with Gasteiger partial charge in [0.2, 0.25) is 9.84 Å². The van der Waals surface area contributed by atoms with Crippen LogP contribution in [0.1, 0.15) is 30.1 Å². The van der Waals surface area contributed by atoms with Crippen LogP contribution >= 0.6 is 0 Å². The maximum Gasteiger partial charge on any atom is 0.435 e. The molecule has 254 valence electrons. The van der Waals surface area contributed by atoms with E-state index in [9.17, 15) is 26.8 Å². The van der Waals surface area contributed by atoms with Gasteiger partial charge in [0, 0.05) is 68.3 Å². The fourth-order valence-corrected chi connectivity index (χ4v) is 7.18. The molecular formula is C33H36F2N6O6S. The molecule has 3 heterocycles. The Hall–Kier alpha value is -4.60. The van der Waals surface area contributed by atoms with Crippen LogP contribution in [0.2, 0.25) is 0 Å². The van der Waals surface area contributed by atoms with Crippen molar-refractivity contribution in [1.29, 1.82) is 0 Å². The van der Waals surface area contributed by atoms with Crippen molar-refractivity contribution in [2.24, 2.45) is 0 Å². The van der Waals surface area contributed by atoms with E-state index >= 15 is 0 Å². The second-order valence-electron chi connectivity index (χ2n) is 11.8. The van der Waals surface area contributed by atoms with Gasteiger partial charge < -0.3 is 29.9 Å². The van der Waals surface area contributed by atoms with Gasteiger partial charge in [-0.25, -0.2) is 22.0 Å². The largest absolute Gasteiger partial charge is 0.448 e. The lowest BCUT2D eigenvalue weighted by Gasteiger charge is -2.34. The molecule has 48 heavy (non-hydrogen) atoms. The quantitative estimate of drug-likeness (QED) is 0.268. The van der Waals surface area contributed by atoms with Crippen LogP contribution < -0.4 is 15.5 Å². The van der Waals surface area contributed by atoms with E-state index in [1.807, 2.05) is 12.1 Å². The molecule has 2 aliphatic heterocycles. The van der Waals surface area contributed by atoms with Crippen LogP contribution in [0.5, 0.6) is 0 Å². The van der Waals surface area contributed by atoms with Gasteiger partial charge in [-0.2, -0.15) is 4.68 Å². The van der Waals surface area contributed by atoms with Gasteiger partial charge in [0.15, 0.2) is 5.82 Å². The zero-order valence-corrected chi connectivity index (χ0v) is 27.4. The normalized spacial score (nSPS) is 16.2. The number of sulfone groups is 1. The Morgan fingerprint density at radius 2 is 1.67 bits per heavy atom.